The lowest BCUT2D eigenvalue weighted by atomic mass is 9.89. The summed E-state index contributed by atoms with van der Waals surface area (Å²) in [6.07, 6.45) is 4.88. The molecule has 0 unspecified atom stereocenters. The van der Waals surface area contributed by atoms with E-state index in [9.17, 15) is 9.59 Å². The smallest absolute Gasteiger partial charge is 0.256 e. The van der Waals surface area contributed by atoms with Crippen molar-refractivity contribution < 1.29 is 19.2 Å². The zero-order valence-electron chi connectivity index (χ0n) is 17.1. The van der Waals surface area contributed by atoms with E-state index in [1.54, 1.807) is 0 Å². The van der Waals surface area contributed by atoms with Crippen LogP contribution in [0.3, 0.4) is 0 Å². The average Bonchev–Trinajstić information content (AvgIpc) is 3.06. The lowest BCUT2D eigenvalue weighted by Crippen LogP contribution is -3.12. The maximum absolute atomic E-state index is 13.6. The largest absolute Gasteiger partial charge is 0.353 e. The maximum atomic E-state index is 13.6. The lowest BCUT2D eigenvalue weighted by Gasteiger charge is -2.42. The number of carbonyl (C=O) groups is 2. The monoisotopic (exact) mass is 386 g/mol. The topological polar surface area (TPSA) is 54.3 Å². The van der Waals surface area contributed by atoms with Crippen LogP contribution in [-0.4, -0.2) is 73.2 Å². The predicted molar refractivity (Wildman–Crippen MR) is 106 cm³/mol. The summed E-state index contributed by atoms with van der Waals surface area (Å²) < 4.78 is 6.26. The van der Waals surface area contributed by atoms with E-state index in [1.807, 2.05) is 41.0 Å². The van der Waals surface area contributed by atoms with Gasteiger partial charge in [0.1, 0.15) is 11.8 Å². The van der Waals surface area contributed by atoms with Gasteiger partial charge in [-0.3, -0.25) is 14.5 Å². The molecule has 2 amide bonds. The first kappa shape index (κ1) is 19.4. The van der Waals surface area contributed by atoms with Crippen molar-refractivity contribution in [1.29, 1.82) is 0 Å². The summed E-state index contributed by atoms with van der Waals surface area (Å²) in [6, 6.07) is 7.16. The highest BCUT2D eigenvalue weighted by Crippen LogP contribution is 2.41. The number of quaternary nitrogens is 1. The third-order valence-electron chi connectivity index (χ3n) is 6.59. The van der Waals surface area contributed by atoms with Gasteiger partial charge in [0.15, 0.2) is 0 Å². The number of nitrogens with one attached hydrogen (secondary N) is 1. The first-order valence-corrected chi connectivity index (χ1v) is 10.6. The molecular formula is C22H32N3O3+. The van der Waals surface area contributed by atoms with Crippen LogP contribution in [0.15, 0.2) is 24.3 Å². The Labute approximate surface area is 167 Å². The molecule has 3 aliphatic rings. The number of benzene rings is 1. The fraction of sp³-hybridized carbons (Fsp3) is 0.636. The standard InChI is InChI=1S/C22H31N3O3/c1-17-7-6-8-18(15-17)20(26)25-19(16-28-22(25)9-4-3-5-10-22)21(27)24-13-11-23(2)12-14-24/h6-8,15,19H,3-5,9-14,16H2,1-2H3/p+1/t19-/m1/s1. The molecule has 2 heterocycles. The molecule has 4 rings (SSSR count). The maximum Gasteiger partial charge on any atom is 0.256 e. The van der Waals surface area contributed by atoms with E-state index < -0.39 is 11.8 Å². The molecule has 1 aromatic rings. The van der Waals surface area contributed by atoms with Gasteiger partial charge in [0.25, 0.3) is 5.91 Å². The van der Waals surface area contributed by atoms with Crippen molar-refractivity contribution in [3.05, 3.63) is 35.4 Å². The molecule has 6 heteroatoms. The molecule has 2 aliphatic heterocycles. The molecule has 1 saturated carbocycles. The predicted octanol–water partition coefficient (Wildman–Crippen LogP) is 0.853. The fourth-order valence-electron chi connectivity index (χ4n) is 4.90. The van der Waals surface area contributed by atoms with Crippen molar-refractivity contribution in [2.45, 2.75) is 50.8 Å². The SMILES string of the molecule is Cc1cccc(C(=O)N2[C@@H](C(=O)N3CC[NH+](C)CC3)COC23CCCCC3)c1. The zero-order chi connectivity index (χ0) is 19.7. The quantitative estimate of drug-likeness (QED) is 0.820. The van der Waals surface area contributed by atoms with Gasteiger partial charge in [-0.05, 0) is 44.7 Å². The van der Waals surface area contributed by atoms with Crippen LogP contribution >= 0.6 is 0 Å². The Hall–Kier alpha value is -1.92. The molecule has 1 atom stereocenters. The molecule has 3 fully saturated rings. The Morgan fingerprint density at radius 3 is 2.54 bits per heavy atom. The second-order valence-electron chi connectivity index (χ2n) is 8.66. The molecule has 28 heavy (non-hydrogen) atoms. The highest BCUT2D eigenvalue weighted by atomic mass is 16.5. The molecule has 1 N–H and O–H groups in total. The van der Waals surface area contributed by atoms with Crippen molar-refractivity contribution in [3.63, 3.8) is 0 Å². The van der Waals surface area contributed by atoms with Crippen LogP contribution in [0.1, 0.15) is 48.0 Å². The first-order chi connectivity index (χ1) is 13.5. The van der Waals surface area contributed by atoms with Crippen molar-refractivity contribution in [2.75, 3.05) is 39.8 Å². The number of amides is 2. The number of aryl methyl sites for hydroxylation is 1. The second-order valence-corrected chi connectivity index (χ2v) is 8.66. The normalized spacial score (nSPS) is 25.3. The highest BCUT2D eigenvalue weighted by molar-refractivity contribution is 5.98. The summed E-state index contributed by atoms with van der Waals surface area (Å²) >= 11 is 0. The number of carbonyl (C=O) groups excluding carboxylic acids is 2. The van der Waals surface area contributed by atoms with Gasteiger partial charge in [0, 0.05) is 5.56 Å². The zero-order valence-corrected chi connectivity index (χ0v) is 17.1. The summed E-state index contributed by atoms with van der Waals surface area (Å²) in [6.45, 7) is 5.71. The highest BCUT2D eigenvalue weighted by Gasteiger charge is 2.53. The lowest BCUT2D eigenvalue weighted by molar-refractivity contribution is -0.883. The summed E-state index contributed by atoms with van der Waals surface area (Å²) in [7, 11) is 2.16. The first-order valence-electron chi connectivity index (χ1n) is 10.6. The minimum Gasteiger partial charge on any atom is -0.353 e. The number of hydrogen-bond acceptors (Lipinski definition) is 3. The third kappa shape index (κ3) is 3.55. The third-order valence-corrected chi connectivity index (χ3v) is 6.59. The summed E-state index contributed by atoms with van der Waals surface area (Å²) in [4.78, 5) is 32.2. The molecular weight excluding hydrogens is 354 g/mol. The van der Waals surface area contributed by atoms with Crippen molar-refractivity contribution in [1.82, 2.24) is 9.80 Å². The average molecular weight is 387 g/mol. The van der Waals surface area contributed by atoms with E-state index in [1.165, 1.54) is 4.90 Å². The number of hydrogen-bond donors (Lipinski definition) is 1. The molecule has 1 aliphatic carbocycles. The van der Waals surface area contributed by atoms with Gasteiger partial charge in [0.05, 0.1) is 39.8 Å². The number of nitrogens with zero attached hydrogens (tertiary/aromatic N) is 2. The van der Waals surface area contributed by atoms with Crippen LogP contribution < -0.4 is 4.90 Å². The van der Waals surface area contributed by atoms with Gasteiger partial charge < -0.3 is 14.5 Å². The Kier molecular flexibility index (Phi) is 5.43. The van der Waals surface area contributed by atoms with E-state index in [0.717, 1.165) is 63.8 Å². The van der Waals surface area contributed by atoms with Gasteiger partial charge in [0.2, 0.25) is 5.91 Å². The van der Waals surface area contributed by atoms with Gasteiger partial charge in [-0.15, -0.1) is 0 Å². The van der Waals surface area contributed by atoms with Gasteiger partial charge >= 0.3 is 0 Å². The Morgan fingerprint density at radius 1 is 1.14 bits per heavy atom. The van der Waals surface area contributed by atoms with E-state index in [0.29, 0.717) is 12.2 Å². The minimum atomic E-state index is -0.614. The van der Waals surface area contributed by atoms with Crippen molar-refractivity contribution in [3.8, 4) is 0 Å². The van der Waals surface area contributed by atoms with Crippen LogP contribution in [0.4, 0.5) is 0 Å². The van der Waals surface area contributed by atoms with Gasteiger partial charge in [-0.1, -0.05) is 24.1 Å². The van der Waals surface area contributed by atoms with Crippen LogP contribution in [-0.2, 0) is 9.53 Å². The Bertz CT molecular complexity index is 736. The number of ether oxygens (including phenoxy) is 1. The summed E-state index contributed by atoms with van der Waals surface area (Å²) in [5, 5.41) is 0. The Balaban J connectivity index is 1.63. The molecule has 0 bridgehead atoms. The second kappa shape index (κ2) is 7.84. The van der Waals surface area contributed by atoms with Gasteiger partial charge in [-0.2, -0.15) is 0 Å². The minimum absolute atomic E-state index is 0.0518. The molecule has 0 radical (unpaired) electrons. The van der Waals surface area contributed by atoms with Gasteiger partial charge in [-0.25, -0.2) is 0 Å². The van der Waals surface area contributed by atoms with E-state index in [2.05, 4.69) is 7.05 Å². The van der Waals surface area contributed by atoms with Crippen LogP contribution in [0.5, 0.6) is 0 Å². The fourth-order valence-corrected chi connectivity index (χ4v) is 4.90. The van der Waals surface area contributed by atoms with E-state index in [4.69, 9.17) is 4.74 Å². The van der Waals surface area contributed by atoms with Crippen molar-refractivity contribution >= 4 is 11.8 Å². The molecule has 0 aromatic heterocycles. The Morgan fingerprint density at radius 2 is 1.86 bits per heavy atom. The summed E-state index contributed by atoms with van der Waals surface area (Å²) in [5.74, 6) is -0.0165. The van der Waals surface area contributed by atoms with Crippen LogP contribution in [0.25, 0.3) is 0 Å². The molecule has 152 valence electrons. The van der Waals surface area contributed by atoms with Crippen LogP contribution in [0.2, 0.25) is 0 Å². The molecule has 1 spiro atoms. The molecule has 2 saturated heterocycles. The van der Waals surface area contributed by atoms with E-state index in [-0.39, 0.29) is 11.8 Å². The summed E-state index contributed by atoms with van der Waals surface area (Å²) in [5.41, 5.74) is 1.08. The number of likely N-dealkylation sites (N-methyl/N-ethyl adjacent to an activating group) is 1. The number of rotatable bonds is 2. The number of piperazine rings is 1. The van der Waals surface area contributed by atoms with E-state index >= 15 is 0 Å². The van der Waals surface area contributed by atoms with Crippen molar-refractivity contribution in [2.24, 2.45) is 0 Å². The van der Waals surface area contributed by atoms with Crippen LogP contribution in [0, 0.1) is 6.92 Å². The molecule has 1 aromatic carbocycles. The molecule has 6 nitrogen and oxygen atoms in total.